The fourth-order valence-corrected chi connectivity index (χ4v) is 3.03. The highest BCUT2D eigenvalue weighted by molar-refractivity contribution is 5.82. The third kappa shape index (κ3) is 3.12. The molecule has 1 heterocycles. The smallest absolute Gasteiger partial charge is 0.240 e. The molecule has 0 saturated carbocycles. The van der Waals surface area contributed by atoms with Gasteiger partial charge in [0.25, 0.3) is 0 Å². The second-order valence-electron chi connectivity index (χ2n) is 5.71. The summed E-state index contributed by atoms with van der Waals surface area (Å²) in [6.07, 6.45) is 3.65. The van der Waals surface area contributed by atoms with E-state index in [0.29, 0.717) is 18.5 Å². The Morgan fingerprint density at radius 3 is 2.65 bits per heavy atom. The molecule has 1 fully saturated rings. The van der Waals surface area contributed by atoms with Crippen LogP contribution in [0, 0.1) is 0 Å². The number of likely N-dealkylation sites (tertiary alicyclic amines) is 1. The molecule has 3 N–H and O–H groups in total. The molecule has 3 atom stereocenters. The van der Waals surface area contributed by atoms with Crippen LogP contribution in [0.25, 0.3) is 0 Å². The molecular weight excluding hydrogens is 252 g/mol. The first-order valence-electron chi connectivity index (χ1n) is 7.38. The van der Waals surface area contributed by atoms with E-state index in [1.54, 1.807) is 12.1 Å². The second kappa shape index (κ2) is 6.27. The molecule has 1 aliphatic heterocycles. The summed E-state index contributed by atoms with van der Waals surface area (Å²) in [6, 6.07) is 7.00. The number of aromatic hydroxyl groups is 1. The Kier molecular flexibility index (Phi) is 4.65. The lowest BCUT2D eigenvalue weighted by atomic mass is 10.0. The minimum Gasteiger partial charge on any atom is -0.508 e. The molecule has 1 aromatic rings. The first-order valence-corrected chi connectivity index (χ1v) is 7.38. The lowest BCUT2D eigenvalue weighted by Crippen LogP contribution is -2.49. The van der Waals surface area contributed by atoms with E-state index in [9.17, 15) is 9.90 Å². The highest BCUT2D eigenvalue weighted by atomic mass is 16.3. The second-order valence-corrected chi connectivity index (χ2v) is 5.71. The number of nitrogens with two attached hydrogens (primary N) is 1. The molecule has 1 saturated heterocycles. The maximum absolute atomic E-state index is 12.5. The predicted octanol–water partition coefficient (Wildman–Crippen LogP) is 2.05. The van der Waals surface area contributed by atoms with Gasteiger partial charge in [-0.2, -0.15) is 0 Å². The van der Waals surface area contributed by atoms with Gasteiger partial charge in [-0.15, -0.1) is 0 Å². The van der Waals surface area contributed by atoms with Crippen LogP contribution >= 0.6 is 0 Å². The molecule has 1 aliphatic rings. The van der Waals surface area contributed by atoms with E-state index in [2.05, 4.69) is 13.8 Å². The van der Waals surface area contributed by atoms with E-state index in [1.807, 2.05) is 17.0 Å². The number of nitrogens with zero attached hydrogens (tertiary/aromatic N) is 1. The zero-order valence-electron chi connectivity index (χ0n) is 12.2. The highest BCUT2D eigenvalue weighted by Crippen LogP contribution is 2.26. The van der Waals surface area contributed by atoms with Crippen molar-refractivity contribution in [2.24, 2.45) is 5.73 Å². The number of benzene rings is 1. The van der Waals surface area contributed by atoms with Crippen molar-refractivity contribution < 1.29 is 9.90 Å². The average molecular weight is 276 g/mol. The van der Waals surface area contributed by atoms with Crippen LogP contribution in [0.1, 0.15) is 38.7 Å². The van der Waals surface area contributed by atoms with Crippen molar-refractivity contribution in [3.63, 3.8) is 0 Å². The molecule has 20 heavy (non-hydrogen) atoms. The molecule has 0 bridgehead atoms. The van der Waals surface area contributed by atoms with Gasteiger partial charge in [0, 0.05) is 12.1 Å². The standard InChI is InChI=1S/C16H24N2O2/c1-3-13-7-4-11(2)18(13)16(20)15(17)10-12-5-8-14(19)9-6-12/h5-6,8-9,11,13,15,19H,3-4,7,10,17H2,1-2H3/t11?,13?,15-/m1/s1. The van der Waals surface area contributed by atoms with Gasteiger partial charge in [0.15, 0.2) is 0 Å². The molecule has 0 aromatic heterocycles. The van der Waals surface area contributed by atoms with Gasteiger partial charge in [-0.1, -0.05) is 19.1 Å². The van der Waals surface area contributed by atoms with Gasteiger partial charge in [-0.05, 0) is 50.3 Å². The van der Waals surface area contributed by atoms with E-state index in [0.717, 1.165) is 24.8 Å². The molecule has 110 valence electrons. The zero-order valence-corrected chi connectivity index (χ0v) is 12.2. The van der Waals surface area contributed by atoms with Gasteiger partial charge in [-0.25, -0.2) is 0 Å². The summed E-state index contributed by atoms with van der Waals surface area (Å²) < 4.78 is 0. The number of rotatable bonds is 4. The van der Waals surface area contributed by atoms with Gasteiger partial charge >= 0.3 is 0 Å². The monoisotopic (exact) mass is 276 g/mol. The molecular formula is C16H24N2O2. The van der Waals surface area contributed by atoms with Crippen molar-refractivity contribution in [3.8, 4) is 5.75 Å². The van der Waals surface area contributed by atoms with E-state index < -0.39 is 6.04 Å². The van der Waals surface area contributed by atoms with E-state index in [4.69, 9.17) is 5.73 Å². The summed E-state index contributed by atoms with van der Waals surface area (Å²) in [7, 11) is 0. The summed E-state index contributed by atoms with van der Waals surface area (Å²) in [5.74, 6) is 0.280. The summed E-state index contributed by atoms with van der Waals surface area (Å²) >= 11 is 0. The lowest BCUT2D eigenvalue weighted by molar-refractivity contribution is -0.135. The minimum absolute atomic E-state index is 0.0509. The number of hydrogen-bond acceptors (Lipinski definition) is 3. The van der Waals surface area contributed by atoms with Crippen molar-refractivity contribution in [1.29, 1.82) is 0 Å². The summed E-state index contributed by atoms with van der Waals surface area (Å²) in [6.45, 7) is 4.22. The third-order valence-electron chi connectivity index (χ3n) is 4.22. The van der Waals surface area contributed by atoms with E-state index in [-0.39, 0.29) is 11.7 Å². The quantitative estimate of drug-likeness (QED) is 0.884. The fraction of sp³-hybridized carbons (Fsp3) is 0.562. The molecule has 4 heteroatoms. The van der Waals surface area contributed by atoms with Gasteiger partial charge in [0.1, 0.15) is 5.75 Å². The zero-order chi connectivity index (χ0) is 14.7. The molecule has 2 unspecified atom stereocenters. The van der Waals surface area contributed by atoms with Crippen LogP contribution in [0.3, 0.4) is 0 Å². The van der Waals surface area contributed by atoms with Crippen LogP contribution in [-0.4, -0.2) is 34.0 Å². The summed E-state index contributed by atoms with van der Waals surface area (Å²) in [4.78, 5) is 14.5. The molecule has 4 nitrogen and oxygen atoms in total. The Hall–Kier alpha value is -1.55. The lowest BCUT2D eigenvalue weighted by Gasteiger charge is -2.30. The molecule has 1 aromatic carbocycles. The van der Waals surface area contributed by atoms with Crippen LogP contribution in [0.4, 0.5) is 0 Å². The number of phenols is 1. The molecule has 0 spiro atoms. The number of carbonyl (C=O) groups is 1. The van der Waals surface area contributed by atoms with Gasteiger partial charge in [0.2, 0.25) is 5.91 Å². The summed E-state index contributed by atoms with van der Waals surface area (Å²) in [5, 5.41) is 9.27. The van der Waals surface area contributed by atoms with Crippen LogP contribution in [0.15, 0.2) is 24.3 Å². The van der Waals surface area contributed by atoms with Gasteiger partial charge in [0.05, 0.1) is 6.04 Å². The Balaban J connectivity index is 2.02. The number of amides is 1. The first kappa shape index (κ1) is 14.9. The average Bonchev–Trinajstić information content (AvgIpc) is 2.81. The SMILES string of the molecule is CCC1CCC(C)N1C(=O)[C@H](N)Cc1ccc(O)cc1. The Labute approximate surface area is 120 Å². The van der Waals surface area contributed by atoms with Crippen LogP contribution in [0.2, 0.25) is 0 Å². The number of carbonyl (C=O) groups excluding carboxylic acids is 1. The molecule has 0 aliphatic carbocycles. The number of hydrogen-bond donors (Lipinski definition) is 2. The van der Waals surface area contributed by atoms with Gasteiger partial charge < -0.3 is 15.7 Å². The third-order valence-corrected chi connectivity index (χ3v) is 4.22. The van der Waals surface area contributed by atoms with Crippen molar-refractivity contribution >= 4 is 5.91 Å². The normalized spacial score (nSPS) is 23.9. The summed E-state index contributed by atoms with van der Waals surface area (Å²) in [5.41, 5.74) is 7.07. The molecule has 2 rings (SSSR count). The molecule has 1 amide bonds. The predicted molar refractivity (Wildman–Crippen MR) is 79.4 cm³/mol. The van der Waals surface area contributed by atoms with Crippen molar-refractivity contribution in [3.05, 3.63) is 29.8 Å². The van der Waals surface area contributed by atoms with Crippen molar-refractivity contribution in [2.75, 3.05) is 0 Å². The van der Waals surface area contributed by atoms with Gasteiger partial charge in [-0.3, -0.25) is 4.79 Å². The maximum atomic E-state index is 12.5. The maximum Gasteiger partial charge on any atom is 0.240 e. The molecule has 0 radical (unpaired) electrons. The minimum atomic E-state index is -0.505. The Morgan fingerprint density at radius 2 is 2.05 bits per heavy atom. The highest BCUT2D eigenvalue weighted by Gasteiger charge is 2.35. The fourth-order valence-electron chi connectivity index (χ4n) is 3.03. The van der Waals surface area contributed by atoms with Crippen molar-refractivity contribution in [2.45, 2.75) is 57.7 Å². The van der Waals surface area contributed by atoms with Crippen molar-refractivity contribution in [1.82, 2.24) is 4.90 Å². The van der Waals surface area contributed by atoms with E-state index >= 15 is 0 Å². The van der Waals surface area contributed by atoms with Crippen LogP contribution < -0.4 is 5.73 Å². The van der Waals surface area contributed by atoms with E-state index in [1.165, 1.54) is 0 Å². The first-order chi connectivity index (χ1) is 9.52. The largest absolute Gasteiger partial charge is 0.508 e. The topological polar surface area (TPSA) is 66.6 Å². The van der Waals surface area contributed by atoms with Crippen LogP contribution in [0.5, 0.6) is 5.75 Å². The Bertz CT molecular complexity index is 458. The van der Waals surface area contributed by atoms with Crippen LogP contribution in [-0.2, 0) is 11.2 Å². The Morgan fingerprint density at radius 1 is 1.40 bits per heavy atom. The number of phenolic OH excluding ortho intramolecular Hbond substituents is 1.